The number of amides is 2. The zero-order valence-electron chi connectivity index (χ0n) is 22.2. The molecule has 0 atom stereocenters. The Balaban J connectivity index is 1.71. The highest BCUT2D eigenvalue weighted by atomic mass is 32.1. The van der Waals surface area contributed by atoms with Gasteiger partial charge in [-0.3, -0.25) is 9.59 Å². The average molecular weight is 521 g/mol. The Morgan fingerprint density at radius 1 is 0.811 bits per heavy atom. The summed E-state index contributed by atoms with van der Waals surface area (Å²) in [5.74, 6) is -0.173. The minimum Gasteiger partial charge on any atom is -0.385 e. The summed E-state index contributed by atoms with van der Waals surface area (Å²) in [6, 6.07) is 21.9. The third kappa shape index (κ3) is 9.78. The van der Waals surface area contributed by atoms with Gasteiger partial charge in [-0.1, -0.05) is 74.7 Å². The summed E-state index contributed by atoms with van der Waals surface area (Å²) in [6.07, 6.45) is 6.59. The summed E-state index contributed by atoms with van der Waals surface area (Å²) in [5.41, 5.74) is 2.94. The van der Waals surface area contributed by atoms with Crippen molar-refractivity contribution in [2.75, 3.05) is 26.8 Å². The monoisotopic (exact) mass is 520 g/mol. The standard InChI is InChI=1S/C31H40N2O3S/c1-3-4-5-7-12-26-16-18-28(19-17-26)31(35)32(20-11-21-36-2)25-30(34)33(24-29-15-10-22-37-29)23-27-13-8-6-9-14-27/h6,8-10,13-19,22H,3-5,7,11-12,20-21,23-25H2,1-2H3. The van der Waals surface area contributed by atoms with Gasteiger partial charge in [-0.25, -0.2) is 0 Å². The molecule has 37 heavy (non-hydrogen) atoms. The van der Waals surface area contributed by atoms with Gasteiger partial charge in [-0.15, -0.1) is 11.3 Å². The fraction of sp³-hybridized carbons (Fsp3) is 0.419. The van der Waals surface area contributed by atoms with E-state index >= 15 is 0 Å². The summed E-state index contributed by atoms with van der Waals surface area (Å²) < 4.78 is 5.22. The highest BCUT2D eigenvalue weighted by Crippen LogP contribution is 2.17. The van der Waals surface area contributed by atoms with Crippen molar-refractivity contribution in [2.45, 2.75) is 58.5 Å². The Hall–Kier alpha value is -2.96. The molecule has 0 N–H and O–H groups in total. The Labute approximate surface area is 226 Å². The van der Waals surface area contributed by atoms with Gasteiger partial charge in [0.2, 0.25) is 5.91 Å². The Morgan fingerprint density at radius 3 is 2.27 bits per heavy atom. The van der Waals surface area contributed by atoms with E-state index in [0.29, 0.717) is 38.2 Å². The van der Waals surface area contributed by atoms with Crippen molar-refractivity contribution in [1.82, 2.24) is 9.80 Å². The third-order valence-corrected chi connectivity index (χ3v) is 7.27. The van der Waals surface area contributed by atoms with E-state index in [9.17, 15) is 9.59 Å². The minimum atomic E-state index is -0.113. The lowest BCUT2D eigenvalue weighted by molar-refractivity contribution is -0.133. The number of nitrogens with zero attached hydrogens (tertiary/aromatic N) is 2. The van der Waals surface area contributed by atoms with Gasteiger partial charge in [-0.05, 0) is 54.0 Å². The van der Waals surface area contributed by atoms with E-state index in [-0.39, 0.29) is 18.4 Å². The second kappa shape index (κ2) is 16.0. The lowest BCUT2D eigenvalue weighted by Gasteiger charge is -2.28. The molecule has 0 radical (unpaired) electrons. The molecule has 198 valence electrons. The molecule has 2 aromatic carbocycles. The van der Waals surface area contributed by atoms with Crippen molar-refractivity contribution in [3.8, 4) is 0 Å². The van der Waals surface area contributed by atoms with Gasteiger partial charge in [-0.2, -0.15) is 0 Å². The van der Waals surface area contributed by atoms with Crippen LogP contribution in [0.2, 0.25) is 0 Å². The molecule has 0 aliphatic heterocycles. The number of carbonyl (C=O) groups is 2. The van der Waals surface area contributed by atoms with Gasteiger partial charge in [0.05, 0.1) is 6.54 Å². The van der Waals surface area contributed by atoms with Crippen molar-refractivity contribution in [3.05, 3.63) is 93.7 Å². The number of thiophene rings is 1. The molecule has 0 fully saturated rings. The van der Waals surface area contributed by atoms with E-state index in [1.807, 2.05) is 77.0 Å². The van der Waals surface area contributed by atoms with Crippen LogP contribution in [0, 0.1) is 0 Å². The van der Waals surface area contributed by atoms with Gasteiger partial charge in [0.15, 0.2) is 0 Å². The highest BCUT2D eigenvalue weighted by Gasteiger charge is 2.23. The predicted octanol–water partition coefficient (Wildman–Crippen LogP) is 6.58. The lowest BCUT2D eigenvalue weighted by atomic mass is 10.0. The largest absolute Gasteiger partial charge is 0.385 e. The van der Waals surface area contributed by atoms with E-state index in [0.717, 1.165) is 16.9 Å². The predicted molar refractivity (Wildman–Crippen MR) is 152 cm³/mol. The number of ether oxygens (including phenoxy) is 1. The SMILES string of the molecule is CCCCCCc1ccc(C(=O)N(CCCOC)CC(=O)N(Cc2ccccc2)Cc2cccs2)cc1. The quantitative estimate of drug-likeness (QED) is 0.201. The number of methoxy groups -OCH3 is 1. The summed E-state index contributed by atoms with van der Waals surface area (Å²) in [4.78, 5) is 31.7. The van der Waals surface area contributed by atoms with E-state index in [1.165, 1.54) is 31.2 Å². The lowest BCUT2D eigenvalue weighted by Crippen LogP contribution is -2.43. The van der Waals surface area contributed by atoms with E-state index < -0.39 is 0 Å². The number of carbonyl (C=O) groups excluding carboxylic acids is 2. The first kappa shape index (κ1) is 28.6. The number of hydrogen-bond donors (Lipinski definition) is 0. The van der Waals surface area contributed by atoms with Crippen LogP contribution in [0.1, 0.15) is 65.4 Å². The van der Waals surface area contributed by atoms with Crippen LogP contribution in [0.15, 0.2) is 72.1 Å². The zero-order valence-corrected chi connectivity index (χ0v) is 23.1. The van der Waals surface area contributed by atoms with Crippen molar-refractivity contribution in [1.29, 1.82) is 0 Å². The molecule has 0 spiro atoms. The maximum Gasteiger partial charge on any atom is 0.254 e. The van der Waals surface area contributed by atoms with Crippen molar-refractivity contribution in [3.63, 3.8) is 0 Å². The second-order valence-corrected chi connectivity index (χ2v) is 10.4. The van der Waals surface area contributed by atoms with Crippen LogP contribution in [0.25, 0.3) is 0 Å². The molecule has 0 saturated carbocycles. The molecule has 0 aliphatic rings. The maximum absolute atomic E-state index is 13.6. The molecule has 0 bridgehead atoms. The van der Waals surface area contributed by atoms with Crippen LogP contribution in [0.4, 0.5) is 0 Å². The summed E-state index contributed by atoms with van der Waals surface area (Å²) in [7, 11) is 1.65. The van der Waals surface area contributed by atoms with Crippen LogP contribution < -0.4 is 0 Å². The maximum atomic E-state index is 13.6. The molecule has 5 nitrogen and oxygen atoms in total. The van der Waals surface area contributed by atoms with Crippen LogP contribution in [-0.2, 0) is 29.0 Å². The summed E-state index contributed by atoms with van der Waals surface area (Å²) >= 11 is 1.64. The first-order chi connectivity index (χ1) is 18.1. The van der Waals surface area contributed by atoms with E-state index in [2.05, 4.69) is 6.92 Å². The Bertz CT molecular complexity index is 1050. The van der Waals surface area contributed by atoms with Gasteiger partial charge >= 0.3 is 0 Å². The fourth-order valence-corrected chi connectivity index (χ4v) is 5.01. The fourth-order valence-electron chi connectivity index (χ4n) is 4.29. The third-order valence-electron chi connectivity index (χ3n) is 6.41. The molecule has 3 aromatic rings. The summed E-state index contributed by atoms with van der Waals surface area (Å²) in [6.45, 7) is 4.29. The number of aryl methyl sites for hydroxylation is 1. The molecular formula is C31H40N2O3S. The smallest absolute Gasteiger partial charge is 0.254 e. The second-order valence-electron chi connectivity index (χ2n) is 9.40. The van der Waals surface area contributed by atoms with Crippen molar-refractivity contribution in [2.24, 2.45) is 0 Å². The van der Waals surface area contributed by atoms with Gasteiger partial charge in [0.25, 0.3) is 5.91 Å². The normalized spacial score (nSPS) is 10.9. The van der Waals surface area contributed by atoms with Gasteiger partial charge in [0.1, 0.15) is 6.54 Å². The first-order valence-corrected chi connectivity index (χ1v) is 14.2. The molecule has 0 unspecified atom stereocenters. The molecule has 1 aromatic heterocycles. The zero-order chi connectivity index (χ0) is 26.3. The van der Waals surface area contributed by atoms with E-state index in [4.69, 9.17) is 4.74 Å². The van der Waals surface area contributed by atoms with Crippen LogP contribution >= 0.6 is 11.3 Å². The number of rotatable bonds is 16. The molecule has 0 saturated heterocycles. The highest BCUT2D eigenvalue weighted by molar-refractivity contribution is 7.09. The number of benzene rings is 2. The molecular weight excluding hydrogens is 480 g/mol. The van der Waals surface area contributed by atoms with Gasteiger partial charge < -0.3 is 14.5 Å². The molecule has 0 aliphatic carbocycles. The summed E-state index contributed by atoms with van der Waals surface area (Å²) in [5, 5.41) is 2.02. The van der Waals surface area contributed by atoms with Crippen LogP contribution in [-0.4, -0.2) is 48.4 Å². The average Bonchev–Trinajstić information content (AvgIpc) is 3.44. The molecule has 1 heterocycles. The Morgan fingerprint density at radius 2 is 1.59 bits per heavy atom. The first-order valence-electron chi connectivity index (χ1n) is 13.3. The number of unbranched alkanes of at least 4 members (excludes halogenated alkanes) is 3. The molecule has 6 heteroatoms. The number of hydrogen-bond acceptors (Lipinski definition) is 4. The molecule has 2 amide bonds. The Kier molecular flexibility index (Phi) is 12.4. The van der Waals surface area contributed by atoms with E-state index in [1.54, 1.807) is 23.3 Å². The minimum absolute atomic E-state index is 0.0412. The molecule has 3 rings (SSSR count). The van der Waals surface area contributed by atoms with Gasteiger partial charge in [0, 0.05) is 37.2 Å². The van der Waals surface area contributed by atoms with Crippen molar-refractivity contribution >= 4 is 23.2 Å². The van der Waals surface area contributed by atoms with Crippen LogP contribution in [0.3, 0.4) is 0 Å². The van der Waals surface area contributed by atoms with Crippen molar-refractivity contribution < 1.29 is 14.3 Å². The topological polar surface area (TPSA) is 49.9 Å². The van der Waals surface area contributed by atoms with Crippen LogP contribution in [0.5, 0.6) is 0 Å².